The van der Waals surface area contributed by atoms with Gasteiger partial charge in [0.05, 0.1) is 13.2 Å². The molecule has 1 aromatic rings. The van der Waals surface area contributed by atoms with Gasteiger partial charge in [-0.05, 0) is 31.5 Å². The van der Waals surface area contributed by atoms with Gasteiger partial charge in [-0.2, -0.15) is 0 Å². The number of nitrogens with one attached hydrogen (secondary N) is 1. The SMILES string of the molecule is CCN(CC)C(CNC(=NC)N1CCC(N2CCOCC2)C1)Cc1ccccc1. The number of nitrogens with zero attached hydrogens (tertiary/aromatic N) is 4. The zero-order valence-electron chi connectivity index (χ0n) is 18.5. The Labute approximate surface area is 176 Å². The number of guanidine groups is 1. The monoisotopic (exact) mass is 401 g/mol. The maximum absolute atomic E-state index is 5.52. The van der Waals surface area contributed by atoms with Crippen LogP contribution in [-0.2, 0) is 11.2 Å². The molecule has 2 aliphatic rings. The minimum absolute atomic E-state index is 0.460. The topological polar surface area (TPSA) is 43.3 Å². The number of hydrogen-bond donors (Lipinski definition) is 1. The lowest BCUT2D eigenvalue weighted by Gasteiger charge is -2.33. The Morgan fingerprint density at radius 2 is 1.90 bits per heavy atom. The van der Waals surface area contributed by atoms with E-state index in [-0.39, 0.29) is 0 Å². The molecular weight excluding hydrogens is 362 g/mol. The molecule has 3 rings (SSSR count). The minimum atomic E-state index is 0.460. The van der Waals surface area contributed by atoms with Crippen molar-refractivity contribution in [2.45, 2.75) is 38.8 Å². The molecule has 2 atom stereocenters. The number of hydrogen-bond acceptors (Lipinski definition) is 4. The molecule has 2 aliphatic heterocycles. The minimum Gasteiger partial charge on any atom is -0.379 e. The van der Waals surface area contributed by atoms with E-state index in [9.17, 15) is 0 Å². The number of likely N-dealkylation sites (tertiary alicyclic amines) is 1. The summed E-state index contributed by atoms with van der Waals surface area (Å²) in [5, 5.41) is 3.70. The quantitative estimate of drug-likeness (QED) is 0.533. The van der Waals surface area contributed by atoms with Crippen molar-refractivity contribution in [2.75, 3.05) is 66.1 Å². The first kappa shape index (κ1) is 22.1. The molecule has 2 heterocycles. The number of likely N-dealkylation sites (N-methyl/N-ethyl adjacent to an activating group) is 1. The Morgan fingerprint density at radius 1 is 1.17 bits per heavy atom. The van der Waals surface area contributed by atoms with Crippen LogP contribution < -0.4 is 5.32 Å². The molecule has 2 unspecified atom stereocenters. The van der Waals surface area contributed by atoms with Crippen molar-refractivity contribution in [3.63, 3.8) is 0 Å². The van der Waals surface area contributed by atoms with Crippen molar-refractivity contribution < 1.29 is 4.74 Å². The summed E-state index contributed by atoms with van der Waals surface area (Å²) in [6.45, 7) is 13.6. The highest BCUT2D eigenvalue weighted by Gasteiger charge is 2.30. The van der Waals surface area contributed by atoms with Crippen molar-refractivity contribution in [3.8, 4) is 0 Å². The van der Waals surface area contributed by atoms with Crippen LogP contribution in [-0.4, -0.2) is 98.8 Å². The van der Waals surface area contributed by atoms with E-state index in [1.165, 1.54) is 12.0 Å². The predicted molar refractivity (Wildman–Crippen MR) is 121 cm³/mol. The summed E-state index contributed by atoms with van der Waals surface area (Å²) in [6.07, 6.45) is 2.27. The van der Waals surface area contributed by atoms with E-state index in [0.717, 1.165) is 71.4 Å². The summed E-state index contributed by atoms with van der Waals surface area (Å²) >= 11 is 0. The predicted octanol–water partition coefficient (Wildman–Crippen LogP) is 1.92. The van der Waals surface area contributed by atoms with Crippen LogP contribution in [0.15, 0.2) is 35.3 Å². The molecule has 0 radical (unpaired) electrons. The van der Waals surface area contributed by atoms with Crippen molar-refractivity contribution >= 4 is 5.96 Å². The highest BCUT2D eigenvalue weighted by molar-refractivity contribution is 5.80. The fourth-order valence-electron chi connectivity index (χ4n) is 4.67. The first-order chi connectivity index (χ1) is 14.2. The summed E-state index contributed by atoms with van der Waals surface area (Å²) in [5.74, 6) is 1.05. The van der Waals surface area contributed by atoms with Crippen molar-refractivity contribution in [1.82, 2.24) is 20.0 Å². The molecule has 0 aromatic heterocycles. The lowest BCUT2D eigenvalue weighted by molar-refractivity contribution is 0.0194. The van der Waals surface area contributed by atoms with Crippen LogP contribution in [0.4, 0.5) is 0 Å². The zero-order chi connectivity index (χ0) is 20.5. The van der Waals surface area contributed by atoms with Crippen molar-refractivity contribution in [2.24, 2.45) is 4.99 Å². The van der Waals surface area contributed by atoms with Gasteiger partial charge in [-0.1, -0.05) is 44.2 Å². The van der Waals surface area contributed by atoms with Gasteiger partial charge in [-0.3, -0.25) is 14.8 Å². The smallest absolute Gasteiger partial charge is 0.193 e. The number of benzene rings is 1. The molecule has 1 N–H and O–H groups in total. The van der Waals surface area contributed by atoms with E-state index in [2.05, 4.69) is 69.2 Å². The van der Waals surface area contributed by atoms with E-state index >= 15 is 0 Å². The molecule has 0 bridgehead atoms. The molecule has 162 valence electrons. The maximum atomic E-state index is 5.52. The van der Waals surface area contributed by atoms with Gasteiger partial charge in [0.1, 0.15) is 0 Å². The summed E-state index contributed by atoms with van der Waals surface area (Å²) in [7, 11) is 1.91. The molecule has 0 saturated carbocycles. The van der Waals surface area contributed by atoms with Gasteiger partial charge in [-0.15, -0.1) is 0 Å². The Hall–Kier alpha value is -1.63. The van der Waals surface area contributed by atoms with E-state index in [0.29, 0.717) is 12.1 Å². The molecule has 6 heteroatoms. The van der Waals surface area contributed by atoms with Gasteiger partial charge in [0.15, 0.2) is 5.96 Å². The number of ether oxygens (including phenoxy) is 1. The normalized spacial score (nSPS) is 22.3. The van der Waals surface area contributed by atoms with E-state index in [1.807, 2.05) is 7.05 Å². The molecule has 0 aliphatic carbocycles. The van der Waals surface area contributed by atoms with E-state index < -0.39 is 0 Å². The van der Waals surface area contributed by atoms with Gasteiger partial charge in [0.2, 0.25) is 0 Å². The standard InChI is InChI=1S/C23H39N5O/c1-4-26(5-2)22(17-20-9-7-6-8-10-20)18-25-23(24-3)28-12-11-21(19-28)27-13-15-29-16-14-27/h6-10,21-22H,4-5,11-19H2,1-3H3,(H,24,25). The highest BCUT2D eigenvalue weighted by atomic mass is 16.5. The summed E-state index contributed by atoms with van der Waals surface area (Å²) in [5.41, 5.74) is 1.40. The van der Waals surface area contributed by atoms with Crippen LogP contribution in [0.2, 0.25) is 0 Å². The third kappa shape index (κ3) is 6.17. The van der Waals surface area contributed by atoms with E-state index in [1.54, 1.807) is 0 Å². The van der Waals surface area contributed by atoms with Crippen LogP contribution in [0.1, 0.15) is 25.8 Å². The maximum Gasteiger partial charge on any atom is 0.193 e. The Bertz CT molecular complexity index is 613. The zero-order valence-corrected chi connectivity index (χ0v) is 18.5. The molecule has 6 nitrogen and oxygen atoms in total. The first-order valence-corrected chi connectivity index (χ1v) is 11.3. The van der Waals surface area contributed by atoms with E-state index in [4.69, 9.17) is 4.74 Å². The third-order valence-corrected chi connectivity index (χ3v) is 6.38. The second kappa shape index (κ2) is 11.5. The summed E-state index contributed by atoms with van der Waals surface area (Å²) < 4.78 is 5.52. The average Bonchev–Trinajstić information content (AvgIpc) is 3.26. The number of morpholine rings is 1. The second-order valence-electron chi connectivity index (χ2n) is 8.03. The molecule has 2 saturated heterocycles. The van der Waals surface area contributed by atoms with Crippen LogP contribution in [0, 0.1) is 0 Å². The van der Waals surface area contributed by atoms with Gasteiger partial charge < -0.3 is 15.0 Å². The largest absolute Gasteiger partial charge is 0.379 e. The van der Waals surface area contributed by atoms with Gasteiger partial charge in [-0.25, -0.2) is 0 Å². The second-order valence-corrected chi connectivity index (χ2v) is 8.03. The van der Waals surface area contributed by atoms with Crippen LogP contribution in [0.3, 0.4) is 0 Å². The Kier molecular flexibility index (Phi) is 8.77. The van der Waals surface area contributed by atoms with Crippen LogP contribution in [0.5, 0.6) is 0 Å². The van der Waals surface area contributed by atoms with Gasteiger partial charge in [0, 0.05) is 51.9 Å². The lowest BCUT2D eigenvalue weighted by atomic mass is 10.0. The first-order valence-electron chi connectivity index (χ1n) is 11.3. The summed E-state index contributed by atoms with van der Waals surface area (Å²) in [6, 6.07) is 11.9. The molecule has 29 heavy (non-hydrogen) atoms. The summed E-state index contributed by atoms with van der Waals surface area (Å²) in [4.78, 5) is 12.2. The van der Waals surface area contributed by atoms with Gasteiger partial charge in [0.25, 0.3) is 0 Å². The third-order valence-electron chi connectivity index (χ3n) is 6.38. The Morgan fingerprint density at radius 3 is 2.55 bits per heavy atom. The van der Waals surface area contributed by atoms with Crippen molar-refractivity contribution in [1.29, 1.82) is 0 Å². The molecule has 2 fully saturated rings. The lowest BCUT2D eigenvalue weighted by Crippen LogP contribution is -2.50. The molecule has 1 aromatic carbocycles. The fraction of sp³-hybridized carbons (Fsp3) is 0.696. The molecular formula is C23H39N5O. The Balaban J connectivity index is 1.56. The van der Waals surface area contributed by atoms with Gasteiger partial charge >= 0.3 is 0 Å². The average molecular weight is 402 g/mol. The molecule has 0 amide bonds. The fourth-order valence-corrected chi connectivity index (χ4v) is 4.67. The molecule has 0 spiro atoms. The number of aliphatic imine (C=N–C) groups is 1. The van der Waals surface area contributed by atoms with Crippen LogP contribution >= 0.6 is 0 Å². The van der Waals surface area contributed by atoms with Crippen molar-refractivity contribution in [3.05, 3.63) is 35.9 Å². The number of rotatable bonds is 8. The van der Waals surface area contributed by atoms with Crippen LogP contribution in [0.25, 0.3) is 0 Å². The highest BCUT2D eigenvalue weighted by Crippen LogP contribution is 2.17.